The summed E-state index contributed by atoms with van der Waals surface area (Å²) in [6, 6.07) is 18.8. The van der Waals surface area contributed by atoms with E-state index in [1.165, 1.54) is 42.3 Å². The van der Waals surface area contributed by atoms with E-state index in [9.17, 15) is 22.4 Å². The van der Waals surface area contributed by atoms with Gasteiger partial charge in [0.15, 0.2) is 0 Å². The van der Waals surface area contributed by atoms with E-state index in [4.69, 9.17) is 4.74 Å². The number of hydrogen-bond donors (Lipinski definition) is 1. The van der Waals surface area contributed by atoms with Crippen molar-refractivity contribution >= 4 is 17.4 Å². The number of carbonyl (C=O) groups excluding carboxylic acids is 1. The monoisotopic (exact) mass is 496 g/mol. The van der Waals surface area contributed by atoms with Crippen molar-refractivity contribution in [2.75, 3.05) is 23.9 Å². The van der Waals surface area contributed by atoms with Gasteiger partial charge < -0.3 is 10.1 Å². The summed E-state index contributed by atoms with van der Waals surface area (Å²) in [7, 11) is 1.49. The molecule has 0 atom stereocenters. The predicted molar refractivity (Wildman–Crippen MR) is 131 cm³/mol. The zero-order valence-electron chi connectivity index (χ0n) is 19.4. The maximum atomic E-state index is 14.1. The van der Waals surface area contributed by atoms with Crippen LogP contribution in [-0.4, -0.2) is 25.3 Å². The number of anilines is 2. The molecule has 3 aromatic rings. The van der Waals surface area contributed by atoms with E-state index in [0.29, 0.717) is 0 Å². The summed E-state index contributed by atoms with van der Waals surface area (Å²) < 4.78 is 59.2. The van der Waals surface area contributed by atoms with Gasteiger partial charge in [0.2, 0.25) is 0 Å². The van der Waals surface area contributed by atoms with Crippen LogP contribution in [0, 0.1) is 5.82 Å². The molecule has 36 heavy (non-hydrogen) atoms. The molecule has 3 aromatic carbocycles. The Labute approximate surface area is 206 Å². The summed E-state index contributed by atoms with van der Waals surface area (Å²) in [5, 5.41) is 2.50. The standard InChI is InChI=1S/C28H24F4N2O2/c1-36-27(15-13-21(14-16-27)20-7-3-2-4-8-20)19-34(25-12-6-10-23(29)18-25)26(35)33-24-11-5-9-22(17-24)28(30,31)32/h2-18,21H,19H2,1H3,(H,33,35). The van der Waals surface area contributed by atoms with Crippen LogP contribution in [0.2, 0.25) is 0 Å². The van der Waals surface area contributed by atoms with E-state index >= 15 is 0 Å². The van der Waals surface area contributed by atoms with Gasteiger partial charge >= 0.3 is 12.2 Å². The van der Waals surface area contributed by atoms with Gasteiger partial charge in [-0.15, -0.1) is 0 Å². The van der Waals surface area contributed by atoms with Crippen LogP contribution in [0.3, 0.4) is 0 Å². The fourth-order valence-corrected chi connectivity index (χ4v) is 3.99. The summed E-state index contributed by atoms with van der Waals surface area (Å²) in [4.78, 5) is 14.6. The Morgan fingerprint density at radius 2 is 1.67 bits per heavy atom. The lowest BCUT2D eigenvalue weighted by Crippen LogP contribution is -2.47. The number of carbonyl (C=O) groups is 1. The van der Waals surface area contributed by atoms with E-state index in [0.717, 1.165) is 17.7 Å². The van der Waals surface area contributed by atoms with Crippen molar-refractivity contribution in [3.8, 4) is 0 Å². The van der Waals surface area contributed by atoms with E-state index in [1.54, 1.807) is 6.07 Å². The Hall–Kier alpha value is -3.91. The molecule has 0 aliphatic heterocycles. The van der Waals surface area contributed by atoms with Crippen molar-refractivity contribution in [3.05, 3.63) is 120 Å². The van der Waals surface area contributed by atoms with Crippen LogP contribution < -0.4 is 10.2 Å². The molecular formula is C28H24F4N2O2. The fraction of sp³-hybridized carbons (Fsp3) is 0.179. The third-order valence-corrected chi connectivity index (χ3v) is 5.95. The highest BCUT2D eigenvalue weighted by Gasteiger charge is 2.34. The molecule has 0 radical (unpaired) electrons. The van der Waals surface area contributed by atoms with Crippen LogP contribution in [-0.2, 0) is 10.9 Å². The van der Waals surface area contributed by atoms with Crippen LogP contribution in [0.25, 0.3) is 0 Å². The van der Waals surface area contributed by atoms with Crippen LogP contribution in [0.1, 0.15) is 17.0 Å². The molecule has 4 rings (SSSR count). The zero-order valence-corrected chi connectivity index (χ0v) is 19.4. The Kier molecular flexibility index (Phi) is 7.26. The van der Waals surface area contributed by atoms with Gasteiger partial charge in [-0.1, -0.05) is 66.8 Å². The minimum absolute atomic E-state index is 0.0102. The maximum absolute atomic E-state index is 14.1. The number of methoxy groups -OCH3 is 1. The molecule has 1 aliphatic rings. The third-order valence-electron chi connectivity index (χ3n) is 5.95. The van der Waals surface area contributed by atoms with Gasteiger partial charge in [-0.25, -0.2) is 9.18 Å². The Bertz CT molecular complexity index is 1260. The second kappa shape index (κ2) is 10.4. The van der Waals surface area contributed by atoms with Gasteiger partial charge in [-0.2, -0.15) is 13.2 Å². The fourth-order valence-electron chi connectivity index (χ4n) is 3.99. The van der Waals surface area contributed by atoms with Crippen molar-refractivity contribution in [1.29, 1.82) is 0 Å². The first-order valence-corrected chi connectivity index (χ1v) is 11.2. The molecule has 0 saturated heterocycles. The third kappa shape index (κ3) is 5.83. The van der Waals surface area contributed by atoms with Gasteiger partial charge in [-0.05, 0) is 42.0 Å². The number of urea groups is 1. The largest absolute Gasteiger partial charge is 0.416 e. The zero-order chi connectivity index (χ0) is 25.8. The molecular weight excluding hydrogens is 472 g/mol. The first-order chi connectivity index (χ1) is 17.2. The van der Waals surface area contributed by atoms with Crippen LogP contribution in [0.5, 0.6) is 0 Å². The smallest absolute Gasteiger partial charge is 0.368 e. The summed E-state index contributed by atoms with van der Waals surface area (Å²) in [5.41, 5.74) is -0.664. The molecule has 186 valence electrons. The summed E-state index contributed by atoms with van der Waals surface area (Å²) >= 11 is 0. The van der Waals surface area contributed by atoms with E-state index in [-0.39, 0.29) is 23.8 Å². The number of halogens is 4. The SMILES string of the molecule is COC1(CN(C(=O)Nc2cccc(C(F)(F)F)c2)c2cccc(F)c2)C=CC(c2ccccc2)C=C1. The minimum atomic E-state index is -4.56. The molecule has 8 heteroatoms. The summed E-state index contributed by atoms with van der Waals surface area (Å²) in [6.45, 7) is -0.0493. The van der Waals surface area contributed by atoms with Crippen molar-refractivity contribution in [2.45, 2.75) is 17.7 Å². The molecule has 1 N–H and O–H groups in total. The number of alkyl halides is 3. The van der Waals surface area contributed by atoms with Gasteiger partial charge in [0.05, 0.1) is 12.1 Å². The second-order valence-electron chi connectivity index (χ2n) is 8.39. The molecule has 0 saturated carbocycles. The number of nitrogens with zero attached hydrogens (tertiary/aromatic N) is 1. The van der Waals surface area contributed by atoms with Gasteiger partial charge in [0.1, 0.15) is 11.4 Å². The van der Waals surface area contributed by atoms with Crippen molar-refractivity contribution < 1.29 is 27.1 Å². The van der Waals surface area contributed by atoms with E-state index in [2.05, 4.69) is 5.32 Å². The molecule has 0 heterocycles. The number of ether oxygens (including phenoxy) is 1. The number of hydrogen-bond acceptors (Lipinski definition) is 2. The van der Waals surface area contributed by atoms with E-state index in [1.807, 2.05) is 54.6 Å². The first-order valence-electron chi connectivity index (χ1n) is 11.2. The molecule has 0 aromatic heterocycles. The average Bonchev–Trinajstić information content (AvgIpc) is 2.88. The summed E-state index contributed by atoms with van der Waals surface area (Å²) in [5.74, 6) is -0.550. The average molecular weight is 497 g/mol. The van der Waals surface area contributed by atoms with Crippen molar-refractivity contribution in [1.82, 2.24) is 0 Å². The van der Waals surface area contributed by atoms with Crippen molar-refractivity contribution in [3.63, 3.8) is 0 Å². The topological polar surface area (TPSA) is 41.6 Å². The Morgan fingerprint density at radius 3 is 2.31 bits per heavy atom. The number of benzene rings is 3. The highest BCUT2D eigenvalue weighted by atomic mass is 19.4. The lowest BCUT2D eigenvalue weighted by atomic mass is 9.88. The van der Waals surface area contributed by atoms with Crippen LogP contribution in [0.15, 0.2) is 103 Å². The summed E-state index contributed by atoms with van der Waals surface area (Å²) in [6.07, 6.45) is 3.00. The quantitative estimate of drug-likeness (QED) is 0.290. The molecule has 0 unspecified atom stereocenters. The predicted octanol–water partition coefficient (Wildman–Crippen LogP) is 7.18. The van der Waals surface area contributed by atoms with E-state index < -0.39 is 29.2 Å². The number of amides is 2. The van der Waals surface area contributed by atoms with Crippen LogP contribution in [0.4, 0.5) is 33.7 Å². The number of nitrogens with one attached hydrogen (secondary N) is 1. The highest BCUT2D eigenvalue weighted by Crippen LogP contribution is 2.32. The molecule has 2 amide bonds. The lowest BCUT2D eigenvalue weighted by molar-refractivity contribution is -0.137. The Balaban J connectivity index is 1.62. The maximum Gasteiger partial charge on any atom is 0.416 e. The molecule has 4 nitrogen and oxygen atoms in total. The highest BCUT2D eigenvalue weighted by molar-refractivity contribution is 6.02. The molecule has 0 bridgehead atoms. The second-order valence-corrected chi connectivity index (χ2v) is 8.39. The minimum Gasteiger partial charge on any atom is -0.368 e. The Morgan fingerprint density at radius 1 is 0.972 bits per heavy atom. The number of allylic oxidation sites excluding steroid dienone is 2. The van der Waals surface area contributed by atoms with Gasteiger partial charge in [-0.3, -0.25) is 4.90 Å². The van der Waals surface area contributed by atoms with Gasteiger partial charge in [0, 0.05) is 24.4 Å². The van der Waals surface area contributed by atoms with Crippen LogP contribution >= 0.6 is 0 Å². The first kappa shape index (κ1) is 25.2. The van der Waals surface area contributed by atoms with Gasteiger partial charge in [0.25, 0.3) is 0 Å². The number of rotatable bonds is 6. The van der Waals surface area contributed by atoms with Crippen molar-refractivity contribution in [2.24, 2.45) is 0 Å². The lowest BCUT2D eigenvalue weighted by Gasteiger charge is -2.35. The molecule has 1 aliphatic carbocycles. The normalized spacial score (nSPS) is 19.2. The molecule has 0 spiro atoms. The molecule has 0 fully saturated rings.